The van der Waals surface area contributed by atoms with Crippen LogP contribution < -0.4 is 10.6 Å². The van der Waals surface area contributed by atoms with Crippen LogP contribution in [0.25, 0.3) is 0 Å². The van der Waals surface area contributed by atoms with Gasteiger partial charge in [0.25, 0.3) is 0 Å². The van der Waals surface area contributed by atoms with Gasteiger partial charge in [-0.2, -0.15) is 0 Å². The van der Waals surface area contributed by atoms with Gasteiger partial charge in [-0.15, -0.1) is 10.2 Å². The van der Waals surface area contributed by atoms with Crippen LogP contribution in [0.2, 0.25) is 0 Å². The van der Waals surface area contributed by atoms with E-state index < -0.39 is 0 Å². The van der Waals surface area contributed by atoms with Crippen molar-refractivity contribution in [3.05, 3.63) is 11.6 Å². The zero-order chi connectivity index (χ0) is 19.2. The summed E-state index contributed by atoms with van der Waals surface area (Å²) in [6.07, 6.45) is 7.70. The van der Waals surface area contributed by atoms with E-state index in [0.717, 1.165) is 36.6 Å². The van der Waals surface area contributed by atoms with Crippen LogP contribution in [0.1, 0.15) is 64.0 Å². The van der Waals surface area contributed by atoms with Gasteiger partial charge in [0.1, 0.15) is 12.4 Å². The predicted molar refractivity (Wildman–Crippen MR) is 110 cm³/mol. The molecule has 27 heavy (non-hydrogen) atoms. The Kier molecular flexibility index (Phi) is 7.10. The van der Waals surface area contributed by atoms with Gasteiger partial charge < -0.3 is 15.2 Å². The second-order valence-electron chi connectivity index (χ2n) is 8.31. The highest BCUT2D eigenvalue weighted by molar-refractivity contribution is 5.80. The van der Waals surface area contributed by atoms with Gasteiger partial charge in [0.15, 0.2) is 11.8 Å². The van der Waals surface area contributed by atoms with Crippen molar-refractivity contribution in [3.63, 3.8) is 0 Å². The van der Waals surface area contributed by atoms with Crippen molar-refractivity contribution in [1.82, 2.24) is 30.3 Å². The van der Waals surface area contributed by atoms with Crippen molar-refractivity contribution in [2.45, 2.75) is 77.9 Å². The quantitative estimate of drug-likeness (QED) is 0.589. The van der Waals surface area contributed by atoms with E-state index in [1.54, 1.807) is 0 Å². The zero-order valence-electron chi connectivity index (χ0n) is 17.5. The SMILES string of the molecule is CCN1CCCC1CNC(=NCc1nnc(C)n1C)NC1CCCC(C)C1. The fraction of sp³-hybridized carbons (Fsp3) is 0.850. The first-order chi connectivity index (χ1) is 13.1. The molecule has 7 nitrogen and oxygen atoms in total. The lowest BCUT2D eigenvalue weighted by Crippen LogP contribution is -2.48. The summed E-state index contributed by atoms with van der Waals surface area (Å²) in [5.41, 5.74) is 0. The molecule has 0 aromatic carbocycles. The number of likely N-dealkylation sites (N-methyl/N-ethyl adjacent to an activating group) is 1. The zero-order valence-corrected chi connectivity index (χ0v) is 17.5. The van der Waals surface area contributed by atoms with Gasteiger partial charge in [-0.1, -0.05) is 26.7 Å². The van der Waals surface area contributed by atoms with Gasteiger partial charge in [-0.05, 0) is 51.6 Å². The summed E-state index contributed by atoms with van der Waals surface area (Å²) < 4.78 is 2.01. The Morgan fingerprint density at radius 1 is 1.22 bits per heavy atom. The largest absolute Gasteiger partial charge is 0.355 e. The molecule has 2 fully saturated rings. The minimum Gasteiger partial charge on any atom is -0.355 e. The van der Waals surface area contributed by atoms with E-state index in [1.165, 1.54) is 45.1 Å². The molecular weight excluding hydrogens is 338 g/mol. The maximum Gasteiger partial charge on any atom is 0.191 e. The number of hydrogen-bond acceptors (Lipinski definition) is 4. The molecule has 0 bridgehead atoms. The maximum absolute atomic E-state index is 4.85. The highest BCUT2D eigenvalue weighted by Crippen LogP contribution is 2.23. The van der Waals surface area contributed by atoms with Crippen molar-refractivity contribution >= 4 is 5.96 Å². The molecule has 0 radical (unpaired) electrons. The fourth-order valence-corrected chi connectivity index (χ4v) is 4.41. The van der Waals surface area contributed by atoms with Gasteiger partial charge in [-0.25, -0.2) is 4.99 Å². The number of hydrogen-bond donors (Lipinski definition) is 2. The molecule has 2 N–H and O–H groups in total. The molecule has 1 aliphatic carbocycles. The number of aliphatic imine (C=N–C) groups is 1. The van der Waals surface area contributed by atoms with Crippen molar-refractivity contribution in [2.24, 2.45) is 18.0 Å². The first kappa shape index (κ1) is 20.1. The predicted octanol–water partition coefficient (Wildman–Crippen LogP) is 2.22. The van der Waals surface area contributed by atoms with E-state index in [2.05, 4.69) is 39.6 Å². The molecule has 1 saturated carbocycles. The average molecular weight is 376 g/mol. The molecular formula is C20H37N7. The third-order valence-electron chi connectivity index (χ3n) is 6.25. The highest BCUT2D eigenvalue weighted by atomic mass is 15.3. The van der Waals surface area contributed by atoms with E-state index in [4.69, 9.17) is 4.99 Å². The van der Waals surface area contributed by atoms with Crippen LogP contribution in [-0.2, 0) is 13.6 Å². The van der Waals surface area contributed by atoms with Crippen molar-refractivity contribution in [2.75, 3.05) is 19.6 Å². The summed E-state index contributed by atoms with van der Waals surface area (Å²) in [4.78, 5) is 7.42. The Hall–Kier alpha value is -1.63. The summed E-state index contributed by atoms with van der Waals surface area (Å²) in [7, 11) is 2.00. The first-order valence-electron chi connectivity index (χ1n) is 10.7. The van der Waals surface area contributed by atoms with Gasteiger partial charge in [0, 0.05) is 25.7 Å². The lowest BCUT2D eigenvalue weighted by Gasteiger charge is -2.30. The average Bonchev–Trinajstić information content (AvgIpc) is 3.24. The topological polar surface area (TPSA) is 70.4 Å². The van der Waals surface area contributed by atoms with Crippen LogP contribution in [0.3, 0.4) is 0 Å². The van der Waals surface area contributed by atoms with Crippen LogP contribution in [0.5, 0.6) is 0 Å². The Morgan fingerprint density at radius 2 is 2.07 bits per heavy atom. The Morgan fingerprint density at radius 3 is 2.78 bits per heavy atom. The Labute approximate surface area is 164 Å². The summed E-state index contributed by atoms with van der Waals surface area (Å²) in [6, 6.07) is 1.14. The van der Waals surface area contributed by atoms with Crippen LogP contribution in [0, 0.1) is 12.8 Å². The van der Waals surface area contributed by atoms with Gasteiger partial charge in [0.05, 0.1) is 0 Å². The molecule has 2 heterocycles. The molecule has 3 rings (SSSR count). The number of guanidine groups is 1. The summed E-state index contributed by atoms with van der Waals surface area (Å²) >= 11 is 0. The van der Waals surface area contributed by atoms with E-state index in [-0.39, 0.29) is 0 Å². The molecule has 1 aliphatic heterocycles. The molecule has 0 spiro atoms. The van der Waals surface area contributed by atoms with Crippen LogP contribution in [0.4, 0.5) is 0 Å². The third-order valence-corrected chi connectivity index (χ3v) is 6.25. The molecule has 152 valence electrons. The lowest BCUT2D eigenvalue weighted by molar-refractivity contribution is 0.266. The second-order valence-corrected chi connectivity index (χ2v) is 8.31. The number of nitrogens with one attached hydrogen (secondary N) is 2. The van der Waals surface area contributed by atoms with Crippen LogP contribution in [0.15, 0.2) is 4.99 Å². The number of aryl methyl sites for hydroxylation is 1. The molecule has 3 unspecified atom stereocenters. The van der Waals surface area contributed by atoms with Crippen LogP contribution in [-0.4, -0.2) is 57.3 Å². The summed E-state index contributed by atoms with van der Waals surface area (Å²) in [6.45, 7) is 10.5. The van der Waals surface area contributed by atoms with Gasteiger partial charge in [0.2, 0.25) is 0 Å². The number of likely N-dealkylation sites (tertiary alicyclic amines) is 1. The Bertz CT molecular complexity index is 624. The van der Waals surface area contributed by atoms with Crippen molar-refractivity contribution in [3.8, 4) is 0 Å². The standard InChI is InChI=1S/C20H37N7/c1-5-27-11-7-10-18(27)13-21-20(23-17-9-6-8-15(2)12-17)22-14-19-25-24-16(3)26(19)4/h15,17-18H,5-14H2,1-4H3,(H2,21,22,23). The van der Waals surface area contributed by atoms with Crippen LogP contribution >= 0.6 is 0 Å². The minimum absolute atomic E-state index is 0.520. The third kappa shape index (κ3) is 5.43. The maximum atomic E-state index is 4.85. The van der Waals surface area contributed by atoms with E-state index in [0.29, 0.717) is 18.6 Å². The van der Waals surface area contributed by atoms with Gasteiger partial charge in [-0.3, -0.25) is 4.90 Å². The molecule has 1 aromatic heterocycles. The van der Waals surface area contributed by atoms with Gasteiger partial charge >= 0.3 is 0 Å². The monoisotopic (exact) mass is 375 g/mol. The molecule has 1 saturated heterocycles. The second kappa shape index (κ2) is 9.53. The smallest absolute Gasteiger partial charge is 0.191 e. The summed E-state index contributed by atoms with van der Waals surface area (Å²) in [5, 5.41) is 15.7. The normalized spacial score (nSPS) is 27.1. The van der Waals surface area contributed by atoms with Crippen molar-refractivity contribution in [1.29, 1.82) is 0 Å². The summed E-state index contributed by atoms with van der Waals surface area (Å²) in [5.74, 6) is 3.55. The molecule has 2 aliphatic rings. The van der Waals surface area contributed by atoms with Crippen molar-refractivity contribution < 1.29 is 0 Å². The minimum atomic E-state index is 0.520. The first-order valence-corrected chi connectivity index (χ1v) is 10.7. The van der Waals surface area contributed by atoms with E-state index in [1.807, 2.05) is 18.5 Å². The van der Waals surface area contributed by atoms with E-state index in [9.17, 15) is 0 Å². The Balaban J connectivity index is 1.63. The molecule has 7 heteroatoms. The number of nitrogens with zero attached hydrogens (tertiary/aromatic N) is 5. The molecule has 0 amide bonds. The lowest BCUT2D eigenvalue weighted by atomic mass is 9.87. The number of rotatable bonds is 6. The molecule has 1 aromatic rings. The fourth-order valence-electron chi connectivity index (χ4n) is 4.41. The molecule has 3 atom stereocenters. The highest BCUT2D eigenvalue weighted by Gasteiger charge is 2.24. The number of aromatic nitrogens is 3. The van der Waals surface area contributed by atoms with E-state index >= 15 is 0 Å².